The molecule has 1 aliphatic heterocycles. The molecule has 2 atom stereocenters. The van der Waals surface area contributed by atoms with E-state index in [1.807, 2.05) is 6.92 Å². The molecular weight excluding hydrogens is 364 g/mol. The first-order valence-electron chi connectivity index (χ1n) is 9.31. The smallest absolute Gasteiger partial charge is 0.410 e. The topological polar surface area (TPSA) is 114 Å². The van der Waals surface area contributed by atoms with Crippen molar-refractivity contribution in [3.8, 4) is 0 Å². The summed E-state index contributed by atoms with van der Waals surface area (Å²) >= 11 is 0. The molecule has 1 aliphatic rings. The van der Waals surface area contributed by atoms with Gasteiger partial charge < -0.3 is 20.3 Å². The number of hydrogen-bond acceptors (Lipinski definition) is 6. The standard InChI is InChI=1S/C19H28N4O5/c1-13-11-22(18(25)28-19(2,3)4)12-14(13)17(24)21-10-9-20-15-7-5-6-8-16(15)23(26)27/h5-8,13-14,20H,9-12H2,1-4H3,(H,21,24)/t13-,14+/m1/s1. The van der Waals surface area contributed by atoms with Crippen LogP contribution in [0.4, 0.5) is 16.2 Å². The zero-order valence-electron chi connectivity index (χ0n) is 16.7. The Morgan fingerprint density at radius 2 is 1.93 bits per heavy atom. The molecule has 28 heavy (non-hydrogen) atoms. The molecule has 2 N–H and O–H groups in total. The summed E-state index contributed by atoms with van der Waals surface area (Å²) in [5, 5.41) is 16.8. The third-order valence-corrected chi connectivity index (χ3v) is 4.44. The minimum atomic E-state index is -0.577. The number of nitrogens with one attached hydrogen (secondary N) is 2. The molecule has 0 radical (unpaired) electrons. The highest BCUT2D eigenvalue weighted by atomic mass is 16.6. The molecule has 1 aromatic carbocycles. The van der Waals surface area contributed by atoms with Crippen molar-refractivity contribution in [2.75, 3.05) is 31.5 Å². The minimum Gasteiger partial charge on any atom is -0.444 e. The van der Waals surface area contributed by atoms with Crippen LogP contribution in [0, 0.1) is 22.0 Å². The fourth-order valence-electron chi connectivity index (χ4n) is 3.08. The lowest BCUT2D eigenvalue weighted by Gasteiger charge is -2.24. The van der Waals surface area contributed by atoms with Gasteiger partial charge in [0, 0.05) is 32.2 Å². The number of amides is 2. The SMILES string of the molecule is C[C@@H]1CN(C(=O)OC(C)(C)C)C[C@@H]1C(=O)NCCNc1ccccc1[N+](=O)[O-]. The molecule has 0 aliphatic carbocycles. The molecule has 1 heterocycles. The van der Waals surface area contributed by atoms with Crippen molar-refractivity contribution in [2.24, 2.45) is 11.8 Å². The fraction of sp³-hybridized carbons (Fsp3) is 0.579. The van der Waals surface area contributed by atoms with Crippen LogP contribution in [0.5, 0.6) is 0 Å². The number of nitrogens with zero attached hydrogens (tertiary/aromatic N) is 2. The molecule has 1 fully saturated rings. The molecule has 0 bridgehead atoms. The van der Waals surface area contributed by atoms with Crippen LogP contribution in [-0.2, 0) is 9.53 Å². The molecule has 2 amide bonds. The number of rotatable bonds is 6. The Labute approximate surface area is 164 Å². The van der Waals surface area contributed by atoms with Crippen LogP contribution >= 0.6 is 0 Å². The second kappa shape index (κ2) is 8.90. The second-order valence-corrected chi connectivity index (χ2v) is 7.96. The lowest BCUT2D eigenvalue weighted by atomic mass is 9.97. The van der Waals surface area contributed by atoms with E-state index in [0.29, 0.717) is 31.9 Å². The minimum absolute atomic E-state index is 0.00811. The summed E-state index contributed by atoms with van der Waals surface area (Å²) in [6.07, 6.45) is -0.410. The second-order valence-electron chi connectivity index (χ2n) is 7.96. The third-order valence-electron chi connectivity index (χ3n) is 4.44. The molecular formula is C19H28N4O5. The largest absolute Gasteiger partial charge is 0.444 e. The summed E-state index contributed by atoms with van der Waals surface area (Å²) in [6, 6.07) is 6.35. The molecule has 1 saturated heterocycles. The van der Waals surface area contributed by atoms with Crippen LogP contribution in [-0.4, -0.2) is 53.6 Å². The van der Waals surface area contributed by atoms with Crippen molar-refractivity contribution >= 4 is 23.4 Å². The summed E-state index contributed by atoms with van der Waals surface area (Å²) in [5.74, 6) is -0.419. The predicted octanol–water partition coefficient (Wildman–Crippen LogP) is 2.63. The molecule has 0 saturated carbocycles. The lowest BCUT2D eigenvalue weighted by Crippen LogP contribution is -2.38. The average molecular weight is 392 g/mol. The summed E-state index contributed by atoms with van der Waals surface area (Å²) < 4.78 is 5.37. The van der Waals surface area contributed by atoms with Crippen LogP contribution in [0.2, 0.25) is 0 Å². The van der Waals surface area contributed by atoms with E-state index < -0.39 is 16.6 Å². The first-order chi connectivity index (χ1) is 13.1. The number of carbonyl (C=O) groups excluding carboxylic acids is 2. The number of likely N-dealkylation sites (tertiary alicyclic amines) is 1. The maximum absolute atomic E-state index is 12.5. The number of nitro groups is 1. The molecule has 9 nitrogen and oxygen atoms in total. The Hall–Kier alpha value is -2.84. The maximum atomic E-state index is 12.5. The van der Waals surface area contributed by atoms with Gasteiger partial charge in [0.15, 0.2) is 0 Å². The number of ether oxygens (including phenoxy) is 1. The molecule has 0 spiro atoms. The molecule has 2 rings (SSSR count). The highest BCUT2D eigenvalue weighted by molar-refractivity contribution is 5.81. The van der Waals surface area contributed by atoms with Crippen LogP contribution in [0.25, 0.3) is 0 Å². The molecule has 9 heteroatoms. The summed E-state index contributed by atoms with van der Waals surface area (Å²) in [6.45, 7) is 8.81. The normalized spacial score (nSPS) is 19.2. The van der Waals surface area contributed by atoms with E-state index in [2.05, 4.69) is 10.6 Å². The number of para-hydroxylation sites is 2. The highest BCUT2D eigenvalue weighted by Gasteiger charge is 2.38. The van der Waals surface area contributed by atoms with E-state index in [4.69, 9.17) is 4.74 Å². The summed E-state index contributed by atoms with van der Waals surface area (Å²) in [4.78, 5) is 36.8. The van der Waals surface area contributed by atoms with Gasteiger partial charge in [-0.1, -0.05) is 19.1 Å². The summed E-state index contributed by atoms with van der Waals surface area (Å²) in [7, 11) is 0. The molecule has 0 aromatic heterocycles. The van der Waals surface area contributed by atoms with E-state index in [-0.39, 0.29) is 23.4 Å². The molecule has 0 unspecified atom stereocenters. The predicted molar refractivity (Wildman–Crippen MR) is 105 cm³/mol. The first-order valence-corrected chi connectivity index (χ1v) is 9.31. The number of benzene rings is 1. The lowest BCUT2D eigenvalue weighted by molar-refractivity contribution is -0.384. The Bertz CT molecular complexity index is 731. The van der Waals surface area contributed by atoms with E-state index in [9.17, 15) is 19.7 Å². The van der Waals surface area contributed by atoms with Gasteiger partial charge in [-0.25, -0.2) is 4.79 Å². The van der Waals surface area contributed by atoms with Gasteiger partial charge in [0.25, 0.3) is 5.69 Å². The van der Waals surface area contributed by atoms with Crippen LogP contribution < -0.4 is 10.6 Å². The maximum Gasteiger partial charge on any atom is 0.410 e. The molecule has 154 valence electrons. The van der Waals surface area contributed by atoms with E-state index in [0.717, 1.165) is 0 Å². The van der Waals surface area contributed by atoms with Gasteiger partial charge in [-0.05, 0) is 32.8 Å². The van der Waals surface area contributed by atoms with E-state index >= 15 is 0 Å². The monoisotopic (exact) mass is 392 g/mol. The fourth-order valence-corrected chi connectivity index (χ4v) is 3.08. The zero-order valence-corrected chi connectivity index (χ0v) is 16.7. The Morgan fingerprint density at radius 3 is 2.57 bits per heavy atom. The van der Waals surface area contributed by atoms with Crippen molar-refractivity contribution in [3.05, 3.63) is 34.4 Å². The van der Waals surface area contributed by atoms with Crippen molar-refractivity contribution in [2.45, 2.75) is 33.3 Å². The van der Waals surface area contributed by atoms with Crippen molar-refractivity contribution in [3.63, 3.8) is 0 Å². The van der Waals surface area contributed by atoms with Crippen molar-refractivity contribution < 1.29 is 19.2 Å². The van der Waals surface area contributed by atoms with E-state index in [1.54, 1.807) is 43.9 Å². The number of hydrogen-bond donors (Lipinski definition) is 2. The Morgan fingerprint density at radius 1 is 1.25 bits per heavy atom. The van der Waals surface area contributed by atoms with Gasteiger partial charge in [0.1, 0.15) is 11.3 Å². The highest BCUT2D eigenvalue weighted by Crippen LogP contribution is 2.25. The van der Waals surface area contributed by atoms with Gasteiger partial charge in [-0.15, -0.1) is 0 Å². The van der Waals surface area contributed by atoms with Crippen LogP contribution in [0.15, 0.2) is 24.3 Å². The zero-order chi connectivity index (χ0) is 20.9. The van der Waals surface area contributed by atoms with Crippen molar-refractivity contribution in [1.29, 1.82) is 0 Å². The van der Waals surface area contributed by atoms with Crippen molar-refractivity contribution in [1.82, 2.24) is 10.2 Å². The Balaban J connectivity index is 1.80. The van der Waals surface area contributed by atoms with Crippen LogP contribution in [0.3, 0.4) is 0 Å². The molecule has 1 aromatic rings. The van der Waals surface area contributed by atoms with E-state index in [1.165, 1.54) is 6.07 Å². The summed E-state index contributed by atoms with van der Waals surface area (Å²) in [5.41, 5.74) is -0.176. The number of carbonyl (C=O) groups is 2. The first kappa shape index (κ1) is 21.5. The van der Waals surface area contributed by atoms with Gasteiger partial charge in [0.2, 0.25) is 5.91 Å². The number of nitro benzene ring substituents is 1. The Kier molecular flexibility index (Phi) is 6.82. The van der Waals surface area contributed by atoms with Gasteiger partial charge in [0.05, 0.1) is 10.8 Å². The van der Waals surface area contributed by atoms with Gasteiger partial charge in [-0.2, -0.15) is 0 Å². The van der Waals surface area contributed by atoms with Crippen LogP contribution in [0.1, 0.15) is 27.7 Å². The van der Waals surface area contributed by atoms with Gasteiger partial charge >= 0.3 is 6.09 Å². The van der Waals surface area contributed by atoms with Gasteiger partial charge in [-0.3, -0.25) is 14.9 Å². The number of anilines is 1. The average Bonchev–Trinajstić information content (AvgIpc) is 2.99. The third kappa shape index (κ3) is 5.83. The quantitative estimate of drug-likeness (QED) is 0.437.